The van der Waals surface area contributed by atoms with Crippen LogP contribution < -0.4 is 4.74 Å². The normalized spacial score (nSPS) is 12.0. The van der Waals surface area contributed by atoms with Crippen molar-refractivity contribution in [1.29, 1.82) is 0 Å². The van der Waals surface area contributed by atoms with Crippen molar-refractivity contribution in [2.24, 2.45) is 0 Å². The fraction of sp³-hybridized carbons (Fsp3) is 0.462. The molecular formula is C13H17ClO4. The van der Waals surface area contributed by atoms with Gasteiger partial charge in [-0.3, -0.25) is 4.79 Å². The molecule has 5 heteroatoms. The van der Waals surface area contributed by atoms with Crippen molar-refractivity contribution in [1.82, 2.24) is 0 Å². The molecule has 1 aromatic rings. The summed E-state index contributed by atoms with van der Waals surface area (Å²) in [6, 6.07) is 5.14. The Morgan fingerprint density at radius 1 is 1.50 bits per heavy atom. The number of ether oxygens (including phenoxy) is 2. The Morgan fingerprint density at radius 3 is 2.78 bits per heavy atom. The summed E-state index contributed by atoms with van der Waals surface area (Å²) in [5, 5.41) is 9.84. The number of hydrogen-bond donors (Lipinski definition) is 1. The van der Waals surface area contributed by atoms with Gasteiger partial charge in [0.25, 0.3) is 0 Å². The van der Waals surface area contributed by atoms with E-state index in [1.807, 2.05) is 0 Å². The first-order valence-electron chi connectivity index (χ1n) is 5.71. The fourth-order valence-corrected chi connectivity index (χ4v) is 1.64. The summed E-state index contributed by atoms with van der Waals surface area (Å²) < 4.78 is 9.97. The van der Waals surface area contributed by atoms with Crippen LogP contribution in [0.1, 0.15) is 31.4 Å². The zero-order valence-corrected chi connectivity index (χ0v) is 11.2. The quantitative estimate of drug-likeness (QED) is 0.639. The smallest absolute Gasteiger partial charge is 0.305 e. The highest BCUT2D eigenvalue weighted by atomic mass is 35.5. The van der Waals surface area contributed by atoms with Crippen LogP contribution in [0.15, 0.2) is 18.2 Å². The van der Waals surface area contributed by atoms with E-state index in [1.54, 1.807) is 25.1 Å². The van der Waals surface area contributed by atoms with Crippen molar-refractivity contribution >= 4 is 17.6 Å². The lowest BCUT2D eigenvalue weighted by atomic mass is 10.1. The number of carbonyl (C=O) groups excluding carboxylic acids is 1. The van der Waals surface area contributed by atoms with Crippen molar-refractivity contribution in [2.75, 3.05) is 13.7 Å². The first-order valence-corrected chi connectivity index (χ1v) is 6.09. The standard InChI is InChI=1S/C13H17ClO4/c1-9(15)10-5-6-12(11(14)8-10)18-7-3-4-13(16)17-2/h5-6,8-9,15H,3-4,7H2,1-2H3/t9-/m0/s1. The van der Waals surface area contributed by atoms with Gasteiger partial charge in [0.1, 0.15) is 5.75 Å². The number of esters is 1. The van der Waals surface area contributed by atoms with Crippen molar-refractivity contribution in [3.63, 3.8) is 0 Å². The summed E-state index contributed by atoms with van der Waals surface area (Å²) in [5.74, 6) is 0.292. The molecule has 0 bridgehead atoms. The fourth-order valence-electron chi connectivity index (χ4n) is 1.39. The first-order chi connectivity index (χ1) is 8.54. The van der Waals surface area contributed by atoms with E-state index in [4.69, 9.17) is 16.3 Å². The summed E-state index contributed by atoms with van der Waals surface area (Å²) >= 11 is 6.01. The molecule has 0 aliphatic heterocycles. The maximum Gasteiger partial charge on any atom is 0.305 e. The molecule has 0 saturated carbocycles. The number of aliphatic hydroxyl groups excluding tert-OH is 1. The van der Waals surface area contributed by atoms with Crippen molar-refractivity contribution in [2.45, 2.75) is 25.9 Å². The summed E-state index contributed by atoms with van der Waals surface area (Å²) in [6.07, 6.45) is 0.331. The largest absolute Gasteiger partial charge is 0.492 e. The Morgan fingerprint density at radius 2 is 2.22 bits per heavy atom. The van der Waals surface area contributed by atoms with Gasteiger partial charge in [0.05, 0.1) is 24.8 Å². The van der Waals surface area contributed by atoms with Crippen LogP contribution in [0.25, 0.3) is 0 Å². The number of rotatable bonds is 6. The Labute approximate surface area is 111 Å². The van der Waals surface area contributed by atoms with Crippen LogP contribution in [0.2, 0.25) is 5.02 Å². The number of benzene rings is 1. The third kappa shape index (κ3) is 4.55. The minimum atomic E-state index is -0.559. The number of methoxy groups -OCH3 is 1. The summed E-state index contributed by atoms with van der Waals surface area (Å²) in [5.41, 5.74) is 0.738. The summed E-state index contributed by atoms with van der Waals surface area (Å²) in [6.45, 7) is 2.06. The van der Waals surface area contributed by atoms with Gasteiger partial charge in [-0.25, -0.2) is 0 Å². The van der Waals surface area contributed by atoms with Crippen LogP contribution in [0.3, 0.4) is 0 Å². The van der Waals surface area contributed by atoms with Gasteiger partial charge in [0.2, 0.25) is 0 Å². The average molecular weight is 273 g/mol. The molecule has 0 aliphatic rings. The van der Waals surface area contributed by atoms with Gasteiger partial charge in [-0.2, -0.15) is 0 Å². The molecule has 0 aliphatic carbocycles. The number of hydrogen-bond acceptors (Lipinski definition) is 4. The van der Waals surface area contributed by atoms with E-state index >= 15 is 0 Å². The topological polar surface area (TPSA) is 55.8 Å². The molecule has 0 heterocycles. The number of carbonyl (C=O) groups is 1. The molecule has 1 rings (SSSR count). The van der Waals surface area contributed by atoms with E-state index in [0.29, 0.717) is 30.2 Å². The second kappa shape index (κ2) is 7.24. The second-order valence-electron chi connectivity index (χ2n) is 3.89. The van der Waals surface area contributed by atoms with E-state index in [1.165, 1.54) is 7.11 Å². The van der Waals surface area contributed by atoms with E-state index in [-0.39, 0.29) is 5.97 Å². The predicted molar refractivity (Wildman–Crippen MR) is 68.8 cm³/mol. The van der Waals surface area contributed by atoms with Gasteiger partial charge in [-0.1, -0.05) is 17.7 Å². The minimum Gasteiger partial charge on any atom is -0.492 e. The van der Waals surface area contributed by atoms with Crippen LogP contribution in [0, 0.1) is 0 Å². The lowest BCUT2D eigenvalue weighted by Crippen LogP contribution is -2.05. The molecule has 0 aromatic heterocycles. The predicted octanol–water partition coefficient (Wildman–Crippen LogP) is 2.73. The average Bonchev–Trinajstić information content (AvgIpc) is 2.35. The molecule has 0 saturated heterocycles. The van der Waals surface area contributed by atoms with Gasteiger partial charge in [-0.15, -0.1) is 0 Å². The van der Waals surface area contributed by atoms with Crippen LogP contribution >= 0.6 is 11.6 Å². The number of aliphatic hydroxyl groups is 1. The van der Waals surface area contributed by atoms with E-state index in [9.17, 15) is 9.90 Å². The zero-order valence-electron chi connectivity index (χ0n) is 10.5. The Kier molecular flexibility index (Phi) is 5.95. The van der Waals surface area contributed by atoms with E-state index in [2.05, 4.69) is 4.74 Å². The lowest BCUT2D eigenvalue weighted by Gasteiger charge is -2.10. The Bertz CT molecular complexity index is 404. The second-order valence-corrected chi connectivity index (χ2v) is 4.30. The highest BCUT2D eigenvalue weighted by Crippen LogP contribution is 2.27. The van der Waals surface area contributed by atoms with Gasteiger partial charge in [0.15, 0.2) is 0 Å². The SMILES string of the molecule is COC(=O)CCCOc1ccc([C@H](C)O)cc1Cl. The van der Waals surface area contributed by atoms with Gasteiger partial charge >= 0.3 is 5.97 Å². The number of halogens is 1. The Balaban J connectivity index is 2.45. The van der Waals surface area contributed by atoms with Gasteiger partial charge < -0.3 is 14.6 Å². The zero-order chi connectivity index (χ0) is 13.5. The molecule has 18 heavy (non-hydrogen) atoms. The summed E-state index contributed by atoms with van der Waals surface area (Å²) in [4.78, 5) is 10.9. The molecule has 100 valence electrons. The van der Waals surface area contributed by atoms with Crippen LogP contribution in [0.5, 0.6) is 5.75 Å². The van der Waals surface area contributed by atoms with Crippen molar-refractivity contribution in [3.05, 3.63) is 28.8 Å². The maximum absolute atomic E-state index is 10.9. The third-order valence-corrected chi connectivity index (χ3v) is 2.74. The van der Waals surface area contributed by atoms with Gasteiger partial charge in [-0.05, 0) is 31.0 Å². The van der Waals surface area contributed by atoms with Gasteiger partial charge in [0, 0.05) is 6.42 Å². The molecule has 0 radical (unpaired) electrons. The summed E-state index contributed by atoms with van der Waals surface area (Å²) in [7, 11) is 1.36. The van der Waals surface area contributed by atoms with E-state index < -0.39 is 6.10 Å². The molecule has 1 atom stereocenters. The maximum atomic E-state index is 10.9. The molecule has 1 N–H and O–H groups in total. The minimum absolute atomic E-state index is 0.255. The van der Waals surface area contributed by atoms with Crippen molar-refractivity contribution < 1.29 is 19.4 Å². The first kappa shape index (κ1) is 14.8. The van der Waals surface area contributed by atoms with Crippen molar-refractivity contribution in [3.8, 4) is 5.75 Å². The molecule has 1 aromatic carbocycles. The molecule has 4 nitrogen and oxygen atoms in total. The molecular weight excluding hydrogens is 256 g/mol. The lowest BCUT2D eigenvalue weighted by molar-refractivity contribution is -0.140. The highest BCUT2D eigenvalue weighted by molar-refractivity contribution is 6.32. The molecule has 0 unspecified atom stereocenters. The molecule has 0 amide bonds. The monoisotopic (exact) mass is 272 g/mol. The van der Waals surface area contributed by atoms with Crippen LogP contribution in [-0.2, 0) is 9.53 Å². The highest BCUT2D eigenvalue weighted by Gasteiger charge is 2.07. The molecule has 0 spiro atoms. The third-order valence-electron chi connectivity index (χ3n) is 2.45. The Hall–Kier alpha value is -1.26. The molecule has 0 fully saturated rings. The van der Waals surface area contributed by atoms with Crippen LogP contribution in [0.4, 0.5) is 0 Å². The van der Waals surface area contributed by atoms with Crippen LogP contribution in [-0.4, -0.2) is 24.8 Å². The van der Waals surface area contributed by atoms with E-state index in [0.717, 1.165) is 5.56 Å².